The van der Waals surface area contributed by atoms with Crippen molar-refractivity contribution >= 4 is 22.4 Å². The van der Waals surface area contributed by atoms with Crippen LogP contribution in [-0.4, -0.2) is 41.4 Å². The summed E-state index contributed by atoms with van der Waals surface area (Å²) in [4.78, 5) is 20.0. The zero-order chi connectivity index (χ0) is 31.6. The largest absolute Gasteiger partial charge is 0.493 e. The molecule has 4 aromatic rings. The molecule has 1 aliphatic heterocycles. The number of aromatic nitrogens is 1. The highest BCUT2D eigenvalue weighted by Crippen LogP contribution is 2.45. The van der Waals surface area contributed by atoms with Gasteiger partial charge in [0.05, 0.1) is 17.9 Å². The number of carboxylic acids is 1. The van der Waals surface area contributed by atoms with Gasteiger partial charge in [0.15, 0.2) is 6.10 Å². The van der Waals surface area contributed by atoms with Crippen LogP contribution in [0.25, 0.3) is 21.9 Å². The highest BCUT2D eigenvalue weighted by atomic mass is 16.5. The predicted molar refractivity (Wildman–Crippen MR) is 179 cm³/mol. The first kappa shape index (κ1) is 31.5. The molecule has 5 rings (SSSR count). The maximum absolute atomic E-state index is 12.7. The van der Waals surface area contributed by atoms with E-state index in [1.54, 1.807) is 0 Å². The molecule has 0 spiro atoms. The number of rotatable bonds is 9. The van der Waals surface area contributed by atoms with Gasteiger partial charge in [0, 0.05) is 42.0 Å². The minimum Gasteiger partial charge on any atom is -0.493 e. The Bertz CT molecular complexity index is 1620. The van der Waals surface area contributed by atoms with Crippen molar-refractivity contribution in [2.75, 3.05) is 24.6 Å². The number of piperidine rings is 1. The van der Waals surface area contributed by atoms with Gasteiger partial charge >= 0.3 is 5.97 Å². The first-order valence-corrected chi connectivity index (χ1v) is 15.7. The Morgan fingerprint density at radius 3 is 2.27 bits per heavy atom. The number of hydrogen-bond donors (Lipinski definition) is 1. The van der Waals surface area contributed by atoms with E-state index in [4.69, 9.17) is 14.5 Å². The molecule has 2 heterocycles. The van der Waals surface area contributed by atoms with Crippen LogP contribution in [0.1, 0.15) is 76.1 Å². The molecule has 3 aromatic carbocycles. The average Bonchev–Trinajstić information content (AvgIpc) is 2.96. The zero-order valence-electron chi connectivity index (χ0n) is 27.2. The van der Waals surface area contributed by atoms with E-state index in [0.29, 0.717) is 17.9 Å². The number of benzene rings is 3. The number of carbonyl (C=O) groups is 1. The van der Waals surface area contributed by atoms with Crippen LogP contribution in [0.5, 0.6) is 5.75 Å². The van der Waals surface area contributed by atoms with Gasteiger partial charge in [-0.25, -0.2) is 4.79 Å². The van der Waals surface area contributed by atoms with Crippen LogP contribution in [0.2, 0.25) is 0 Å². The molecular weight excluding hydrogens is 548 g/mol. The van der Waals surface area contributed by atoms with Crippen LogP contribution in [-0.2, 0) is 16.0 Å². The van der Waals surface area contributed by atoms with Gasteiger partial charge in [-0.2, -0.15) is 0 Å². The maximum atomic E-state index is 12.7. The topological polar surface area (TPSA) is 71.9 Å². The fraction of sp³-hybridized carbons (Fsp3) is 0.421. The number of fused-ring (bicyclic) bond motifs is 1. The molecule has 232 valence electrons. The first-order chi connectivity index (χ1) is 20.8. The summed E-state index contributed by atoms with van der Waals surface area (Å²) in [6, 6.07) is 23.0. The van der Waals surface area contributed by atoms with Gasteiger partial charge in [-0.15, -0.1) is 0 Å². The first-order valence-electron chi connectivity index (χ1n) is 15.7. The third-order valence-corrected chi connectivity index (χ3v) is 8.63. The fourth-order valence-corrected chi connectivity index (χ4v) is 6.26. The number of aryl methyl sites for hydroxylation is 2. The molecule has 0 saturated carbocycles. The molecule has 1 fully saturated rings. The van der Waals surface area contributed by atoms with Crippen molar-refractivity contribution in [1.82, 2.24) is 4.98 Å². The number of ether oxygens (including phenoxy) is 2. The molecule has 1 N–H and O–H groups in total. The van der Waals surface area contributed by atoms with Gasteiger partial charge < -0.3 is 19.5 Å². The Morgan fingerprint density at radius 1 is 0.955 bits per heavy atom. The fourth-order valence-electron chi connectivity index (χ4n) is 6.26. The van der Waals surface area contributed by atoms with E-state index in [0.717, 1.165) is 60.6 Å². The maximum Gasteiger partial charge on any atom is 0.337 e. The van der Waals surface area contributed by atoms with E-state index in [1.807, 2.05) is 46.8 Å². The second kappa shape index (κ2) is 12.6. The second-order valence-electron chi connectivity index (χ2n) is 13.8. The van der Waals surface area contributed by atoms with E-state index in [-0.39, 0.29) is 5.41 Å². The van der Waals surface area contributed by atoms with Crippen molar-refractivity contribution in [3.8, 4) is 16.9 Å². The van der Waals surface area contributed by atoms with Crippen LogP contribution >= 0.6 is 0 Å². The molecule has 1 aromatic heterocycles. The van der Waals surface area contributed by atoms with E-state index in [1.165, 1.54) is 16.3 Å². The van der Waals surface area contributed by atoms with Gasteiger partial charge in [-0.05, 0) is 86.9 Å². The number of anilines is 1. The Kier molecular flexibility index (Phi) is 9.03. The van der Waals surface area contributed by atoms with Gasteiger partial charge in [-0.3, -0.25) is 4.98 Å². The van der Waals surface area contributed by atoms with Crippen LogP contribution in [0.15, 0.2) is 66.7 Å². The summed E-state index contributed by atoms with van der Waals surface area (Å²) < 4.78 is 12.4. The Balaban J connectivity index is 1.48. The van der Waals surface area contributed by atoms with Gasteiger partial charge in [0.1, 0.15) is 5.75 Å². The summed E-state index contributed by atoms with van der Waals surface area (Å²) in [5, 5.41) is 12.9. The molecule has 0 amide bonds. The van der Waals surface area contributed by atoms with Gasteiger partial charge in [0.25, 0.3) is 0 Å². The highest BCUT2D eigenvalue weighted by Gasteiger charge is 2.36. The monoisotopic (exact) mass is 594 g/mol. The number of pyridine rings is 1. The number of nitrogens with zero attached hydrogens (tertiary/aromatic N) is 2. The number of hydrogen-bond acceptors (Lipinski definition) is 5. The summed E-state index contributed by atoms with van der Waals surface area (Å²) >= 11 is 0. The summed E-state index contributed by atoms with van der Waals surface area (Å²) in [5.74, 6) is -0.208. The Morgan fingerprint density at radius 2 is 1.61 bits per heavy atom. The van der Waals surface area contributed by atoms with Crippen LogP contribution in [0.3, 0.4) is 0 Å². The SMILES string of the molecule is Cc1nc(C)c([C@H](OC(C)(C)C)C(=O)O)c(N2CCC(C)(C)CC2)c1-c1ccc(OCCc2cccc3ccccc23)cc1. The number of aliphatic carboxylic acids is 1. The van der Waals surface area contributed by atoms with Crippen molar-refractivity contribution < 1.29 is 19.4 Å². The molecule has 1 saturated heterocycles. The lowest BCUT2D eigenvalue weighted by atomic mass is 9.82. The predicted octanol–water partition coefficient (Wildman–Crippen LogP) is 8.71. The van der Waals surface area contributed by atoms with Crippen molar-refractivity contribution in [1.29, 1.82) is 0 Å². The molecule has 1 aliphatic rings. The lowest BCUT2D eigenvalue weighted by Crippen LogP contribution is -2.39. The highest BCUT2D eigenvalue weighted by molar-refractivity contribution is 5.88. The number of carboxylic acid groups (broad SMARTS) is 1. The molecule has 0 bridgehead atoms. The Hall–Kier alpha value is -3.90. The van der Waals surface area contributed by atoms with Crippen molar-refractivity contribution in [3.05, 3.63) is 89.2 Å². The summed E-state index contributed by atoms with van der Waals surface area (Å²) in [6.45, 7) is 16.4. The lowest BCUT2D eigenvalue weighted by molar-refractivity contribution is -0.160. The Labute approximate surface area is 262 Å². The minimum absolute atomic E-state index is 0.243. The van der Waals surface area contributed by atoms with Crippen molar-refractivity contribution in [3.63, 3.8) is 0 Å². The summed E-state index contributed by atoms with van der Waals surface area (Å²) in [7, 11) is 0. The van der Waals surface area contributed by atoms with Crippen LogP contribution in [0, 0.1) is 19.3 Å². The molecule has 0 unspecified atom stereocenters. The van der Waals surface area contributed by atoms with E-state index in [2.05, 4.69) is 73.3 Å². The normalized spacial score (nSPS) is 15.8. The third-order valence-electron chi connectivity index (χ3n) is 8.63. The average molecular weight is 595 g/mol. The van der Waals surface area contributed by atoms with E-state index >= 15 is 0 Å². The second-order valence-corrected chi connectivity index (χ2v) is 13.8. The molecule has 1 atom stereocenters. The zero-order valence-corrected chi connectivity index (χ0v) is 27.2. The molecule has 0 radical (unpaired) electrons. The van der Waals surface area contributed by atoms with E-state index < -0.39 is 17.7 Å². The smallest absolute Gasteiger partial charge is 0.337 e. The lowest BCUT2D eigenvalue weighted by Gasteiger charge is -2.41. The molecular formula is C38H46N2O4. The molecule has 0 aliphatic carbocycles. The molecule has 6 heteroatoms. The van der Waals surface area contributed by atoms with Crippen molar-refractivity contribution in [2.24, 2.45) is 5.41 Å². The summed E-state index contributed by atoms with van der Waals surface area (Å²) in [5.41, 5.74) is 5.93. The van der Waals surface area contributed by atoms with Gasteiger partial charge in [0.2, 0.25) is 0 Å². The minimum atomic E-state index is -1.14. The van der Waals surface area contributed by atoms with Crippen molar-refractivity contribution in [2.45, 2.75) is 79.4 Å². The standard InChI is InChI=1S/C38H46N2O4/c1-25-32(29-15-17-30(18-16-29)43-24-19-28-13-10-12-27-11-8-9-14-31(27)28)34(40-22-20-38(6,7)21-23-40)33(26(2)39-25)35(36(41)42)44-37(3,4)5/h8-18,35H,19-24H2,1-7H3,(H,41,42)/t35-/m0/s1. The third kappa shape index (κ3) is 7.07. The van der Waals surface area contributed by atoms with Crippen LogP contribution in [0.4, 0.5) is 5.69 Å². The van der Waals surface area contributed by atoms with Gasteiger partial charge in [-0.1, -0.05) is 68.4 Å². The summed E-state index contributed by atoms with van der Waals surface area (Å²) in [6.07, 6.45) is 1.72. The molecule has 6 nitrogen and oxygen atoms in total. The van der Waals surface area contributed by atoms with Crippen LogP contribution < -0.4 is 9.64 Å². The quantitative estimate of drug-likeness (QED) is 0.209. The van der Waals surface area contributed by atoms with E-state index in [9.17, 15) is 9.90 Å². The molecule has 44 heavy (non-hydrogen) atoms.